The summed E-state index contributed by atoms with van der Waals surface area (Å²) in [7, 11) is 0. The summed E-state index contributed by atoms with van der Waals surface area (Å²) in [5.41, 5.74) is 2.28. The van der Waals surface area contributed by atoms with Crippen molar-refractivity contribution in [3.05, 3.63) is 112 Å². The van der Waals surface area contributed by atoms with Crippen LogP contribution < -0.4 is 24.9 Å². The van der Waals surface area contributed by atoms with Gasteiger partial charge in [0, 0.05) is 10.6 Å². The Labute approximate surface area is 220 Å². The van der Waals surface area contributed by atoms with Crippen LogP contribution in [0.3, 0.4) is 0 Å². The van der Waals surface area contributed by atoms with E-state index in [0.29, 0.717) is 43.7 Å². The first kappa shape index (κ1) is 24.2. The predicted octanol–water partition coefficient (Wildman–Crippen LogP) is 4.99. The Morgan fingerprint density at radius 2 is 2.00 bits per heavy atom. The Hall–Kier alpha value is -3.46. The molecule has 0 bridgehead atoms. The number of anilines is 1. The van der Waals surface area contributed by atoms with Gasteiger partial charge in [-0.05, 0) is 61.2 Å². The van der Waals surface area contributed by atoms with Gasteiger partial charge in [0.25, 0.3) is 11.5 Å². The minimum atomic E-state index is -0.573. The van der Waals surface area contributed by atoms with Crippen molar-refractivity contribution in [3.8, 4) is 5.75 Å². The van der Waals surface area contributed by atoms with Crippen LogP contribution in [0.25, 0.3) is 6.08 Å². The van der Waals surface area contributed by atoms with Gasteiger partial charge in [-0.25, -0.2) is 4.99 Å². The van der Waals surface area contributed by atoms with Crippen LogP contribution in [0.5, 0.6) is 5.75 Å². The van der Waals surface area contributed by atoms with Crippen LogP contribution in [-0.4, -0.2) is 17.1 Å². The normalized spacial score (nSPS) is 15.4. The molecule has 1 amide bonds. The summed E-state index contributed by atoms with van der Waals surface area (Å²) in [4.78, 5) is 33.2. The Kier molecular flexibility index (Phi) is 6.91. The van der Waals surface area contributed by atoms with E-state index in [1.165, 1.54) is 22.7 Å². The van der Waals surface area contributed by atoms with Crippen molar-refractivity contribution in [1.29, 1.82) is 0 Å². The number of ether oxygens (including phenoxy) is 1. The molecule has 36 heavy (non-hydrogen) atoms. The van der Waals surface area contributed by atoms with Crippen LogP contribution in [0, 0.1) is 0 Å². The molecule has 1 aliphatic rings. The summed E-state index contributed by atoms with van der Waals surface area (Å²) >= 11 is 9.14. The molecule has 2 aromatic heterocycles. The van der Waals surface area contributed by atoms with Gasteiger partial charge in [0.05, 0.1) is 27.4 Å². The van der Waals surface area contributed by atoms with Gasteiger partial charge in [-0.2, -0.15) is 0 Å². The smallest absolute Gasteiger partial charge is 0.271 e. The average Bonchev–Trinajstić information content (AvgIpc) is 3.49. The summed E-state index contributed by atoms with van der Waals surface area (Å²) in [6, 6.07) is 17.9. The quantitative estimate of drug-likeness (QED) is 0.378. The number of thiazole rings is 1. The molecule has 0 saturated heterocycles. The van der Waals surface area contributed by atoms with Gasteiger partial charge in [-0.3, -0.25) is 14.2 Å². The Bertz CT molecular complexity index is 1640. The molecule has 1 aliphatic heterocycles. The number of aromatic nitrogens is 1. The van der Waals surface area contributed by atoms with Crippen molar-refractivity contribution >= 4 is 51.9 Å². The Balaban J connectivity index is 1.61. The van der Waals surface area contributed by atoms with Gasteiger partial charge >= 0.3 is 0 Å². The minimum absolute atomic E-state index is 0.209. The van der Waals surface area contributed by atoms with Crippen LogP contribution in [0.1, 0.15) is 30.3 Å². The van der Waals surface area contributed by atoms with Gasteiger partial charge in [-0.15, -0.1) is 11.3 Å². The molecule has 2 aromatic carbocycles. The van der Waals surface area contributed by atoms with E-state index < -0.39 is 6.04 Å². The summed E-state index contributed by atoms with van der Waals surface area (Å²) in [5.74, 6) is 0.314. The molecule has 3 heterocycles. The highest BCUT2D eigenvalue weighted by Gasteiger charge is 2.33. The van der Waals surface area contributed by atoms with Crippen molar-refractivity contribution in [1.82, 2.24) is 4.57 Å². The standard InChI is InChI=1S/C27H22ClN3O3S2/c1-3-34-20-12-11-17(14-19(20)28)15-22-26(33)31-24(21-10-7-13-35-21)23(16(2)29-27(31)36-22)25(32)30-18-8-5-4-6-9-18/h4-15,24H,3H2,1-2H3,(H,30,32)/b22-15-/t24-/m0/s1. The zero-order valence-electron chi connectivity index (χ0n) is 19.5. The number of hydrogen-bond acceptors (Lipinski definition) is 6. The van der Waals surface area contributed by atoms with Crippen LogP contribution in [-0.2, 0) is 4.79 Å². The molecular weight excluding hydrogens is 514 g/mol. The molecule has 0 spiro atoms. The fraction of sp³-hybridized carbons (Fsp3) is 0.148. The summed E-state index contributed by atoms with van der Waals surface area (Å²) in [5, 5.41) is 5.37. The second-order valence-electron chi connectivity index (χ2n) is 8.04. The molecule has 6 nitrogen and oxygen atoms in total. The SMILES string of the molecule is CCOc1ccc(/C=c2\sc3n(c2=O)[C@@H](c2cccs2)C(C(=O)Nc2ccccc2)=C(C)N=3)cc1Cl. The zero-order chi connectivity index (χ0) is 25.2. The van der Waals surface area contributed by atoms with E-state index in [0.717, 1.165) is 10.4 Å². The van der Waals surface area contributed by atoms with Gasteiger partial charge in [-0.1, -0.05) is 53.3 Å². The summed E-state index contributed by atoms with van der Waals surface area (Å²) in [6.45, 7) is 4.22. The number of fused-ring (bicyclic) bond motifs is 1. The number of halogens is 1. The number of nitrogens with zero attached hydrogens (tertiary/aromatic N) is 2. The first-order valence-electron chi connectivity index (χ1n) is 11.3. The monoisotopic (exact) mass is 535 g/mol. The summed E-state index contributed by atoms with van der Waals surface area (Å²) in [6.07, 6.45) is 1.79. The molecule has 0 saturated carbocycles. The van der Waals surface area contributed by atoms with Crippen LogP contribution in [0.2, 0.25) is 5.02 Å². The fourth-order valence-electron chi connectivity index (χ4n) is 4.08. The van der Waals surface area contributed by atoms with Crippen LogP contribution in [0.4, 0.5) is 5.69 Å². The Morgan fingerprint density at radius 1 is 1.19 bits per heavy atom. The number of para-hydroxylation sites is 1. The molecule has 9 heteroatoms. The topological polar surface area (TPSA) is 72.7 Å². The van der Waals surface area contributed by atoms with E-state index in [9.17, 15) is 9.59 Å². The second kappa shape index (κ2) is 10.3. The van der Waals surface area contributed by atoms with Gasteiger partial charge in [0.2, 0.25) is 0 Å². The average molecular weight is 536 g/mol. The minimum Gasteiger partial charge on any atom is -0.492 e. The maximum absolute atomic E-state index is 13.7. The molecule has 4 aromatic rings. The van der Waals surface area contributed by atoms with Crippen LogP contribution >= 0.6 is 34.3 Å². The van der Waals surface area contributed by atoms with E-state index in [1.54, 1.807) is 22.8 Å². The van der Waals surface area contributed by atoms with Gasteiger partial charge < -0.3 is 10.1 Å². The molecule has 0 radical (unpaired) electrons. The maximum atomic E-state index is 13.7. The first-order chi connectivity index (χ1) is 17.5. The molecule has 1 N–H and O–H groups in total. The highest BCUT2D eigenvalue weighted by Crippen LogP contribution is 2.33. The number of hydrogen-bond donors (Lipinski definition) is 1. The van der Waals surface area contributed by atoms with Crippen molar-refractivity contribution in [2.45, 2.75) is 19.9 Å². The molecule has 182 valence electrons. The van der Waals surface area contributed by atoms with Gasteiger partial charge in [0.1, 0.15) is 11.8 Å². The summed E-state index contributed by atoms with van der Waals surface area (Å²) < 4.78 is 7.63. The third-order valence-electron chi connectivity index (χ3n) is 5.66. The van der Waals surface area contributed by atoms with Crippen molar-refractivity contribution in [2.24, 2.45) is 4.99 Å². The lowest BCUT2D eigenvalue weighted by Crippen LogP contribution is -2.40. The highest BCUT2D eigenvalue weighted by molar-refractivity contribution is 7.10. The third-order valence-corrected chi connectivity index (χ3v) is 7.87. The van der Waals surface area contributed by atoms with Crippen molar-refractivity contribution in [3.63, 3.8) is 0 Å². The molecular formula is C27H22ClN3O3S2. The highest BCUT2D eigenvalue weighted by atomic mass is 35.5. The molecule has 0 aliphatic carbocycles. The van der Waals surface area contributed by atoms with Crippen LogP contribution in [0.15, 0.2) is 87.1 Å². The number of amides is 1. The number of thiophene rings is 1. The van der Waals surface area contributed by atoms with Crippen molar-refractivity contribution < 1.29 is 9.53 Å². The lowest BCUT2D eigenvalue weighted by atomic mass is 10.0. The van der Waals surface area contributed by atoms with E-state index in [1.807, 2.05) is 67.8 Å². The van der Waals surface area contributed by atoms with E-state index >= 15 is 0 Å². The fourth-order valence-corrected chi connectivity index (χ4v) is 6.19. The van der Waals surface area contributed by atoms with Crippen molar-refractivity contribution in [2.75, 3.05) is 11.9 Å². The molecule has 1 atom stereocenters. The number of allylic oxidation sites excluding steroid dienone is 1. The molecule has 5 rings (SSSR count). The zero-order valence-corrected chi connectivity index (χ0v) is 21.9. The predicted molar refractivity (Wildman–Crippen MR) is 146 cm³/mol. The lowest BCUT2D eigenvalue weighted by molar-refractivity contribution is -0.113. The van der Waals surface area contributed by atoms with E-state index in [4.69, 9.17) is 16.3 Å². The number of carbonyl (C=O) groups excluding carboxylic acids is 1. The largest absolute Gasteiger partial charge is 0.492 e. The maximum Gasteiger partial charge on any atom is 0.271 e. The van der Waals surface area contributed by atoms with E-state index in [-0.39, 0.29) is 11.5 Å². The number of nitrogens with one attached hydrogen (secondary N) is 1. The number of benzene rings is 2. The lowest BCUT2D eigenvalue weighted by Gasteiger charge is -2.24. The second-order valence-corrected chi connectivity index (χ2v) is 10.4. The number of rotatable bonds is 6. The molecule has 0 unspecified atom stereocenters. The van der Waals surface area contributed by atoms with E-state index in [2.05, 4.69) is 10.3 Å². The molecule has 0 fully saturated rings. The third kappa shape index (κ3) is 4.67. The van der Waals surface area contributed by atoms with Gasteiger partial charge in [0.15, 0.2) is 4.80 Å². The number of carbonyl (C=O) groups is 1. The first-order valence-corrected chi connectivity index (χ1v) is 13.4. The Morgan fingerprint density at radius 3 is 2.69 bits per heavy atom.